The molecule has 1 N–H and O–H groups in total. The summed E-state index contributed by atoms with van der Waals surface area (Å²) in [4.78, 5) is 25.0. The second-order valence-electron chi connectivity index (χ2n) is 6.79. The second-order valence-corrected chi connectivity index (χ2v) is 6.79. The van der Waals surface area contributed by atoms with Gasteiger partial charge in [0, 0.05) is 30.4 Å². The van der Waals surface area contributed by atoms with Gasteiger partial charge in [-0.3, -0.25) is 9.36 Å². The maximum atomic E-state index is 12.1. The Morgan fingerprint density at radius 2 is 2.08 bits per heavy atom. The van der Waals surface area contributed by atoms with Gasteiger partial charge in [0.15, 0.2) is 5.82 Å². The Hall–Kier alpha value is -3.03. The monoisotopic (exact) mass is 354 g/mol. The van der Waals surface area contributed by atoms with Crippen LogP contribution >= 0.6 is 0 Å². The molecule has 8 heteroatoms. The Balaban J connectivity index is 1.81. The number of nitrogens with zero attached hydrogens (tertiary/aromatic N) is 5. The molecular formula is C18H22N6O2. The number of imidazole rings is 1. The fourth-order valence-corrected chi connectivity index (χ4v) is 2.23. The van der Waals surface area contributed by atoms with Crippen LogP contribution in [-0.2, 0) is 0 Å². The van der Waals surface area contributed by atoms with Crippen LogP contribution in [0.3, 0.4) is 0 Å². The zero-order valence-electron chi connectivity index (χ0n) is 15.3. The van der Waals surface area contributed by atoms with Crippen LogP contribution in [0.25, 0.3) is 17.3 Å². The fourth-order valence-electron chi connectivity index (χ4n) is 2.23. The van der Waals surface area contributed by atoms with E-state index in [0.717, 1.165) is 5.56 Å². The lowest BCUT2D eigenvalue weighted by atomic mass is 10.2. The molecule has 0 aromatic carbocycles. The van der Waals surface area contributed by atoms with Gasteiger partial charge in [0.1, 0.15) is 17.8 Å². The molecule has 3 heterocycles. The molecule has 1 amide bonds. The molecule has 3 aromatic heterocycles. The molecule has 0 spiro atoms. The molecule has 0 aliphatic rings. The maximum Gasteiger partial charge on any atom is 0.271 e. The van der Waals surface area contributed by atoms with Crippen LogP contribution in [0, 0.1) is 5.92 Å². The minimum atomic E-state index is -0.202. The zero-order chi connectivity index (χ0) is 18.7. The molecule has 0 unspecified atom stereocenters. The Kier molecular flexibility index (Phi) is 5.11. The number of aromatic nitrogens is 5. The van der Waals surface area contributed by atoms with Crippen LogP contribution in [0.5, 0.6) is 0 Å². The standard InChI is InChI=1S/C18H22N6O2/c1-11(2)8-20-17(25)14-9-24(10-21-14)15-7-13(5-6-19-15)18-22-16(12(3)4)23-26-18/h5-7,9-12H,8H2,1-4H3,(H,20,25). The first-order valence-electron chi connectivity index (χ1n) is 8.56. The Bertz CT molecular complexity index is 896. The van der Waals surface area contributed by atoms with Crippen molar-refractivity contribution in [3.63, 3.8) is 0 Å². The first kappa shape index (κ1) is 17.8. The lowest BCUT2D eigenvalue weighted by molar-refractivity contribution is 0.0944. The summed E-state index contributed by atoms with van der Waals surface area (Å²) in [5.41, 5.74) is 1.10. The minimum absolute atomic E-state index is 0.189. The Labute approximate surface area is 151 Å². The van der Waals surface area contributed by atoms with Gasteiger partial charge in [-0.25, -0.2) is 9.97 Å². The quantitative estimate of drug-likeness (QED) is 0.731. The van der Waals surface area contributed by atoms with E-state index in [1.807, 2.05) is 33.8 Å². The number of rotatable bonds is 6. The molecule has 0 bridgehead atoms. The van der Waals surface area contributed by atoms with E-state index >= 15 is 0 Å². The number of amides is 1. The van der Waals surface area contributed by atoms with Crippen molar-refractivity contribution in [2.45, 2.75) is 33.6 Å². The van der Waals surface area contributed by atoms with E-state index in [4.69, 9.17) is 4.52 Å². The lowest BCUT2D eigenvalue weighted by Crippen LogP contribution is -2.27. The number of carbonyl (C=O) groups excluding carboxylic acids is 1. The van der Waals surface area contributed by atoms with E-state index in [0.29, 0.717) is 35.7 Å². The van der Waals surface area contributed by atoms with Gasteiger partial charge < -0.3 is 9.84 Å². The first-order chi connectivity index (χ1) is 12.4. The highest BCUT2D eigenvalue weighted by Crippen LogP contribution is 2.21. The summed E-state index contributed by atoms with van der Waals surface area (Å²) in [7, 11) is 0. The highest BCUT2D eigenvalue weighted by atomic mass is 16.5. The molecule has 0 aliphatic carbocycles. The predicted molar refractivity (Wildman–Crippen MR) is 95.9 cm³/mol. The van der Waals surface area contributed by atoms with Gasteiger partial charge in [-0.15, -0.1) is 0 Å². The molecule has 0 saturated heterocycles. The smallest absolute Gasteiger partial charge is 0.271 e. The summed E-state index contributed by atoms with van der Waals surface area (Å²) >= 11 is 0. The second kappa shape index (κ2) is 7.47. The van der Waals surface area contributed by atoms with Crippen LogP contribution in [0.4, 0.5) is 0 Å². The van der Waals surface area contributed by atoms with Crippen LogP contribution in [0.2, 0.25) is 0 Å². The summed E-state index contributed by atoms with van der Waals surface area (Å²) in [5.74, 6) is 2.07. The average molecular weight is 354 g/mol. The Morgan fingerprint density at radius 3 is 2.77 bits per heavy atom. The van der Waals surface area contributed by atoms with Crippen molar-refractivity contribution < 1.29 is 9.32 Å². The van der Waals surface area contributed by atoms with Crippen molar-refractivity contribution in [1.82, 2.24) is 30.0 Å². The molecule has 3 rings (SSSR count). The summed E-state index contributed by atoms with van der Waals surface area (Å²) < 4.78 is 7.01. The molecular weight excluding hydrogens is 332 g/mol. The summed E-state index contributed by atoms with van der Waals surface area (Å²) in [5, 5.41) is 6.82. The molecule has 8 nitrogen and oxygen atoms in total. The molecule has 0 saturated carbocycles. The molecule has 0 atom stereocenters. The zero-order valence-corrected chi connectivity index (χ0v) is 15.3. The van der Waals surface area contributed by atoms with Crippen LogP contribution in [-0.4, -0.2) is 37.1 Å². The third-order valence-electron chi connectivity index (χ3n) is 3.70. The van der Waals surface area contributed by atoms with Crippen molar-refractivity contribution in [2.75, 3.05) is 6.54 Å². The summed E-state index contributed by atoms with van der Waals surface area (Å²) in [6.45, 7) is 8.69. The summed E-state index contributed by atoms with van der Waals surface area (Å²) in [6.07, 6.45) is 4.86. The van der Waals surface area contributed by atoms with E-state index < -0.39 is 0 Å². The highest BCUT2D eigenvalue weighted by Gasteiger charge is 2.14. The van der Waals surface area contributed by atoms with Crippen molar-refractivity contribution in [2.24, 2.45) is 5.92 Å². The van der Waals surface area contributed by atoms with Gasteiger partial charge in [0.05, 0.1) is 0 Å². The predicted octanol–water partition coefficient (Wildman–Crippen LogP) is 2.83. The van der Waals surface area contributed by atoms with Gasteiger partial charge in [-0.05, 0) is 18.1 Å². The topological polar surface area (TPSA) is 98.7 Å². The third-order valence-corrected chi connectivity index (χ3v) is 3.70. The molecule has 3 aromatic rings. The van der Waals surface area contributed by atoms with Gasteiger partial charge >= 0.3 is 0 Å². The third kappa shape index (κ3) is 3.96. The van der Waals surface area contributed by atoms with Crippen LogP contribution in [0.15, 0.2) is 35.4 Å². The van der Waals surface area contributed by atoms with Crippen LogP contribution in [0.1, 0.15) is 49.9 Å². The molecule has 136 valence electrons. The number of hydrogen-bond donors (Lipinski definition) is 1. The van der Waals surface area contributed by atoms with Gasteiger partial charge in [-0.1, -0.05) is 32.9 Å². The molecule has 26 heavy (non-hydrogen) atoms. The maximum absolute atomic E-state index is 12.1. The van der Waals surface area contributed by atoms with E-state index in [2.05, 4.69) is 25.4 Å². The van der Waals surface area contributed by atoms with Gasteiger partial charge in [0.2, 0.25) is 0 Å². The van der Waals surface area contributed by atoms with E-state index in [1.165, 1.54) is 0 Å². The molecule has 0 radical (unpaired) electrons. The SMILES string of the molecule is CC(C)CNC(=O)c1cn(-c2cc(-c3nc(C(C)C)no3)ccn2)cn1. The van der Waals surface area contributed by atoms with Crippen molar-refractivity contribution in [1.29, 1.82) is 0 Å². The van der Waals surface area contributed by atoms with E-state index in [-0.39, 0.29) is 11.8 Å². The van der Waals surface area contributed by atoms with E-state index in [9.17, 15) is 4.79 Å². The van der Waals surface area contributed by atoms with Crippen molar-refractivity contribution in [3.05, 3.63) is 42.4 Å². The van der Waals surface area contributed by atoms with Crippen molar-refractivity contribution in [3.8, 4) is 17.3 Å². The highest BCUT2D eigenvalue weighted by molar-refractivity contribution is 5.92. The first-order valence-corrected chi connectivity index (χ1v) is 8.56. The fraction of sp³-hybridized carbons (Fsp3) is 0.389. The number of carbonyl (C=O) groups is 1. The largest absolute Gasteiger partial charge is 0.350 e. The summed E-state index contributed by atoms with van der Waals surface area (Å²) in [6, 6.07) is 3.61. The molecule has 0 fully saturated rings. The molecule has 0 aliphatic heterocycles. The van der Waals surface area contributed by atoms with E-state index in [1.54, 1.807) is 29.4 Å². The lowest BCUT2D eigenvalue weighted by Gasteiger charge is -2.05. The van der Waals surface area contributed by atoms with Gasteiger partial charge in [-0.2, -0.15) is 4.98 Å². The number of nitrogens with one attached hydrogen (secondary N) is 1. The van der Waals surface area contributed by atoms with Gasteiger partial charge in [0.25, 0.3) is 11.8 Å². The normalized spacial score (nSPS) is 11.3. The number of pyridine rings is 1. The Morgan fingerprint density at radius 1 is 1.27 bits per heavy atom. The number of hydrogen-bond acceptors (Lipinski definition) is 6. The average Bonchev–Trinajstić information content (AvgIpc) is 3.29. The minimum Gasteiger partial charge on any atom is -0.350 e. The van der Waals surface area contributed by atoms with Crippen molar-refractivity contribution >= 4 is 5.91 Å². The van der Waals surface area contributed by atoms with Crippen LogP contribution < -0.4 is 5.32 Å².